The summed E-state index contributed by atoms with van der Waals surface area (Å²) in [7, 11) is 1.52. The second-order valence-corrected chi connectivity index (χ2v) is 4.04. The maximum atomic E-state index is 12.2. The van der Waals surface area contributed by atoms with Gasteiger partial charge in [0, 0.05) is 11.8 Å². The first kappa shape index (κ1) is 12.1. The number of hydrogen-bond donors (Lipinski definition) is 2. The maximum Gasteiger partial charge on any atom is 0.256 e. The van der Waals surface area contributed by atoms with Gasteiger partial charge >= 0.3 is 0 Å². The van der Waals surface area contributed by atoms with Crippen molar-refractivity contribution in [1.82, 2.24) is 20.4 Å². The number of fused-ring (bicyclic) bond motifs is 1. The number of amides is 1. The molecule has 0 spiro atoms. The molecule has 7 nitrogen and oxygen atoms in total. The Morgan fingerprint density at radius 1 is 1.25 bits per heavy atom. The standard InChI is InChI=1S/C13H11N5O2/c1-20-11-3-2-6-14-12(11)15-13(19)8-4-5-9-10(7-8)17-18-16-9/h2-7H,1H3,(H,14,15,19)(H,16,17,18). The van der Waals surface area contributed by atoms with E-state index in [1.807, 2.05) is 0 Å². The lowest BCUT2D eigenvalue weighted by Gasteiger charge is -2.08. The van der Waals surface area contributed by atoms with Crippen molar-refractivity contribution in [2.24, 2.45) is 0 Å². The Morgan fingerprint density at radius 2 is 2.10 bits per heavy atom. The van der Waals surface area contributed by atoms with Gasteiger partial charge in [-0.05, 0) is 30.3 Å². The summed E-state index contributed by atoms with van der Waals surface area (Å²) >= 11 is 0. The largest absolute Gasteiger partial charge is 0.493 e. The van der Waals surface area contributed by atoms with Crippen molar-refractivity contribution in [3.05, 3.63) is 42.1 Å². The Bertz CT molecular complexity index is 768. The molecule has 0 bridgehead atoms. The summed E-state index contributed by atoms with van der Waals surface area (Å²) in [6, 6.07) is 8.52. The monoisotopic (exact) mass is 269 g/mol. The number of aromatic nitrogens is 4. The van der Waals surface area contributed by atoms with Crippen molar-refractivity contribution in [1.29, 1.82) is 0 Å². The van der Waals surface area contributed by atoms with E-state index >= 15 is 0 Å². The molecule has 0 aliphatic heterocycles. The molecular weight excluding hydrogens is 258 g/mol. The van der Waals surface area contributed by atoms with Crippen LogP contribution in [0.25, 0.3) is 11.0 Å². The van der Waals surface area contributed by atoms with Crippen LogP contribution in [0, 0.1) is 0 Å². The van der Waals surface area contributed by atoms with E-state index in [4.69, 9.17) is 4.74 Å². The summed E-state index contributed by atoms with van der Waals surface area (Å²) in [5, 5.41) is 13.1. The van der Waals surface area contributed by atoms with E-state index in [1.54, 1.807) is 36.5 Å². The molecule has 0 saturated carbocycles. The Labute approximate surface area is 114 Å². The molecule has 2 N–H and O–H groups in total. The van der Waals surface area contributed by atoms with Crippen LogP contribution >= 0.6 is 0 Å². The van der Waals surface area contributed by atoms with Crippen LogP contribution in [0.4, 0.5) is 5.82 Å². The molecule has 0 atom stereocenters. The number of carbonyl (C=O) groups excluding carboxylic acids is 1. The van der Waals surface area contributed by atoms with Crippen LogP contribution in [0.1, 0.15) is 10.4 Å². The number of ether oxygens (including phenoxy) is 1. The molecule has 3 rings (SSSR count). The van der Waals surface area contributed by atoms with Gasteiger partial charge in [0.2, 0.25) is 0 Å². The lowest BCUT2D eigenvalue weighted by atomic mass is 10.2. The molecule has 7 heteroatoms. The van der Waals surface area contributed by atoms with E-state index in [9.17, 15) is 4.79 Å². The molecular formula is C13H11N5O2. The zero-order chi connectivity index (χ0) is 13.9. The van der Waals surface area contributed by atoms with Gasteiger partial charge in [-0.15, -0.1) is 0 Å². The minimum Gasteiger partial charge on any atom is -0.493 e. The predicted molar refractivity (Wildman–Crippen MR) is 72.6 cm³/mol. The Kier molecular flexibility index (Phi) is 3.00. The molecule has 2 heterocycles. The quantitative estimate of drug-likeness (QED) is 0.753. The van der Waals surface area contributed by atoms with Gasteiger partial charge in [-0.25, -0.2) is 4.98 Å². The smallest absolute Gasteiger partial charge is 0.256 e. The van der Waals surface area contributed by atoms with E-state index in [2.05, 4.69) is 25.7 Å². The number of benzene rings is 1. The van der Waals surface area contributed by atoms with Crippen LogP contribution in [0.15, 0.2) is 36.5 Å². The zero-order valence-electron chi connectivity index (χ0n) is 10.6. The molecule has 0 aliphatic carbocycles. The van der Waals surface area contributed by atoms with Gasteiger partial charge < -0.3 is 10.1 Å². The van der Waals surface area contributed by atoms with Crippen molar-refractivity contribution in [3.63, 3.8) is 0 Å². The van der Waals surface area contributed by atoms with Crippen LogP contribution in [-0.4, -0.2) is 33.4 Å². The van der Waals surface area contributed by atoms with E-state index in [0.717, 1.165) is 0 Å². The van der Waals surface area contributed by atoms with Crippen molar-refractivity contribution < 1.29 is 9.53 Å². The molecule has 2 aromatic heterocycles. The lowest BCUT2D eigenvalue weighted by molar-refractivity contribution is 0.102. The fourth-order valence-corrected chi connectivity index (χ4v) is 1.81. The van der Waals surface area contributed by atoms with Gasteiger partial charge in [0.05, 0.1) is 7.11 Å². The van der Waals surface area contributed by atoms with Crippen molar-refractivity contribution in [3.8, 4) is 5.75 Å². The SMILES string of the molecule is COc1cccnc1NC(=O)c1ccc2n[nH]nc2c1. The third kappa shape index (κ3) is 2.16. The minimum atomic E-state index is -0.285. The summed E-state index contributed by atoms with van der Waals surface area (Å²) in [5.74, 6) is 0.593. The van der Waals surface area contributed by atoms with Gasteiger partial charge in [-0.3, -0.25) is 4.79 Å². The number of nitrogens with one attached hydrogen (secondary N) is 2. The summed E-state index contributed by atoms with van der Waals surface area (Å²) in [6.45, 7) is 0. The highest BCUT2D eigenvalue weighted by atomic mass is 16.5. The second-order valence-electron chi connectivity index (χ2n) is 4.04. The predicted octanol–water partition coefficient (Wildman–Crippen LogP) is 1.61. The first-order valence-electron chi connectivity index (χ1n) is 5.89. The fourth-order valence-electron chi connectivity index (χ4n) is 1.81. The summed E-state index contributed by atoms with van der Waals surface area (Å²) in [6.07, 6.45) is 1.58. The molecule has 0 unspecified atom stereocenters. The van der Waals surface area contributed by atoms with E-state index in [-0.39, 0.29) is 5.91 Å². The highest BCUT2D eigenvalue weighted by Gasteiger charge is 2.11. The molecule has 0 fully saturated rings. The summed E-state index contributed by atoms with van der Waals surface area (Å²) < 4.78 is 5.14. The van der Waals surface area contributed by atoms with Crippen molar-refractivity contribution in [2.75, 3.05) is 12.4 Å². The minimum absolute atomic E-state index is 0.285. The van der Waals surface area contributed by atoms with Gasteiger partial charge in [0.15, 0.2) is 11.6 Å². The number of methoxy groups -OCH3 is 1. The normalized spacial score (nSPS) is 10.4. The molecule has 0 saturated heterocycles. The summed E-state index contributed by atoms with van der Waals surface area (Å²) in [4.78, 5) is 16.3. The average molecular weight is 269 g/mol. The summed E-state index contributed by atoms with van der Waals surface area (Å²) in [5.41, 5.74) is 1.81. The fraction of sp³-hybridized carbons (Fsp3) is 0.0769. The highest BCUT2D eigenvalue weighted by Crippen LogP contribution is 2.21. The third-order valence-electron chi connectivity index (χ3n) is 2.80. The van der Waals surface area contributed by atoms with E-state index < -0.39 is 0 Å². The zero-order valence-corrected chi connectivity index (χ0v) is 10.6. The number of nitrogens with zero attached hydrogens (tertiary/aromatic N) is 3. The number of H-pyrrole nitrogens is 1. The van der Waals surface area contributed by atoms with E-state index in [1.165, 1.54) is 7.11 Å². The molecule has 3 aromatic rings. The van der Waals surface area contributed by atoms with Crippen LogP contribution in [0.2, 0.25) is 0 Å². The lowest BCUT2D eigenvalue weighted by Crippen LogP contribution is -2.13. The second kappa shape index (κ2) is 4.96. The van der Waals surface area contributed by atoms with Crippen LogP contribution in [-0.2, 0) is 0 Å². The Balaban J connectivity index is 1.88. The molecule has 0 aliphatic rings. The van der Waals surface area contributed by atoms with Crippen molar-refractivity contribution >= 4 is 22.8 Å². The first-order valence-corrected chi connectivity index (χ1v) is 5.89. The third-order valence-corrected chi connectivity index (χ3v) is 2.80. The van der Waals surface area contributed by atoms with Crippen molar-refractivity contribution in [2.45, 2.75) is 0 Å². The number of aromatic amines is 1. The van der Waals surface area contributed by atoms with Gasteiger partial charge in [0.25, 0.3) is 5.91 Å². The topological polar surface area (TPSA) is 92.8 Å². The molecule has 20 heavy (non-hydrogen) atoms. The molecule has 100 valence electrons. The molecule has 1 amide bonds. The Morgan fingerprint density at radius 3 is 2.95 bits per heavy atom. The maximum absolute atomic E-state index is 12.2. The first-order chi connectivity index (χ1) is 9.78. The number of rotatable bonds is 3. The van der Waals surface area contributed by atoms with Crippen LogP contribution in [0.5, 0.6) is 5.75 Å². The van der Waals surface area contributed by atoms with Crippen LogP contribution in [0.3, 0.4) is 0 Å². The van der Waals surface area contributed by atoms with Gasteiger partial charge in [-0.2, -0.15) is 15.4 Å². The van der Waals surface area contributed by atoms with Gasteiger partial charge in [-0.1, -0.05) is 0 Å². The number of carbonyl (C=O) groups is 1. The average Bonchev–Trinajstić information content (AvgIpc) is 2.95. The van der Waals surface area contributed by atoms with Crippen LogP contribution < -0.4 is 10.1 Å². The molecule has 0 radical (unpaired) electrons. The number of hydrogen-bond acceptors (Lipinski definition) is 5. The Hall–Kier alpha value is -2.96. The molecule has 1 aromatic carbocycles. The number of anilines is 1. The van der Waals surface area contributed by atoms with Gasteiger partial charge in [0.1, 0.15) is 11.0 Å². The number of pyridine rings is 1. The van der Waals surface area contributed by atoms with E-state index in [0.29, 0.717) is 28.2 Å². The highest BCUT2D eigenvalue weighted by molar-refractivity contribution is 6.05.